The zero-order chi connectivity index (χ0) is 21.1. The van der Waals surface area contributed by atoms with Crippen LogP contribution in [-0.2, 0) is 14.4 Å². The standard InChI is InChI=1S/C23H30ClN3O3/c24-19-7-3-4-8-20(19)27-16-18(15-21(27)28)23(30)26-13-9-17(10-14-26)22(29)25-11-5-1-2-6-12-25/h3-4,7-8,17-18H,1-2,5-6,9-16H2/t18-/m1/s1. The molecule has 0 unspecified atom stereocenters. The van der Waals surface area contributed by atoms with Crippen LogP contribution in [0.4, 0.5) is 5.69 Å². The summed E-state index contributed by atoms with van der Waals surface area (Å²) in [7, 11) is 0. The minimum absolute atomic E-state index is 0.0250. The summed E-state index contributed by atoms with van der Waals surface area (Å²) in [5, 5.41) is 0.520. The maximum absolute atomic E-state index is 13.1. The molecule has 7 heteroatoms. The molecule has 6 nitrogen and oxygen atoms in total. The topological polar surface area (TPSA) is 60.9 Å². The van der Waals surface area contributed by atoms with E-state index in [9.17, 15) is 14.4 Å². The number of hydrogen-bond donors (Lipinski definition) is 0. The fourth-order valence-electron chi connectivity index (χ4n) is 4.93. The first-order chi connectivity index (χ1) is 14.5. The van der Waals surface area contributed by atoms with Gasteiger partial charge in [0.05, 0.1) is 16.6 Å². The van der Waals surface area contributed by atoms with E-state index in [0.717, 1.165) is 38.8 Å². The predicted molar refractivity (Wildman–Crippen MR) is 116 cm³/mol. The van der Waals surface area contributed by atoms with Crippen LogP contribution in [0.3, 0.4) is 0 Å². The van der Waals surface area contributed by atoms with Crippen molar-refractivity contribution in [3.05, 3.63) is 29.3 Å². The Morgan fingerprint density at radius 2 is 1.43 bits per heavy atom. The van der Waals surface area contributed by atoms with Gasteiger partial charge in [0.2, 0.25) is 17.7 Å². The van der Waals surface area contributed by atoms with E-state index in [0.29, 0.717) is 30.3 Å². The summed E-state index contributed by atoms with van der Waals surface area (Å²) in [4.78, 5) is 43.9. The second-order valence-corrected chi connectivity index (χ2v) is 9.10. The first-order valence-corrected chi connectivity index (χ1v) is 11.5. The number of halogens is 1. The zero-order valence-electron chi connectivity index (χ0n) is 17.4. The summed E-state index contributed by atoms with van der Waals surface area (Å²) in [5.41, 5.74) is 0.668. The third-order valence-corrected chi connectivity index (χ3v) is 7.01. The second-order valence-electron chi connectivity index (χ2n) is 8.70. The van der Waals surface area contributed by atoms with E-state index in [-0.39, 0.29) is 36.0 Å². The molecule has 1 aromatic carbocycles. The Kier molecular flexibility index (Phi) is 6.61. The Morgan fingerprint density at radius 3 is 2.10 bits per heavy atom. The number of benzene rings is 1. The molecular formula is C23H30ClN3O3. The number of piperidine rings is 1. The van der Waals surface area contributed by atoms with Crippen molar-refractivity contribution in [1.29, 1.82) is 0 Å². The van der Waals surface area contributed by atoms with Crippen molar-refractivity contribution >= 4 is 35.0 Å². The summed E-state index contributed by atoms with van der Waals surface area (Å²) in [6.07, 6.45) is 6.27. The molecule has 0 aromatic heterocycles. The van der Waals surface area contributed by atoms with Gasteiger partial charge in [0, 0.05) is 45.1 Å². The van der Waals surface area contributed by atoms with Crippen molar-refractivity contribution in [2.75, 3.05) is 37.6 Å². The molecule has 0 saturated carbocycles. The van der Waals surface area contributed by atoms with Crippen LogP contribution in [0.2, 0.25) is 5.02 Å². The maximum Gasteiger partial charge on any atom is 0.228 e. The van der Waals surface area contributed by atoms with Crippen molar-refractivity contribution in [3.63, 3.8) is 0 Å². The van der Waals surface area contributed by atoms with Crippen LogP contribution in [0, 0.1) is 11.8 Å². The van der Waals surface area contributed by atoms with Crippen molar-refractivity contribution < 1.29 is 14.4 Å². The number of rotatable bonds is 3. The van der Waals surface area contributed by atoms with Crippen LogP contribution in [0.1, 0.15) is 44.9 Å². The Bertz CT molecular complexity index is 799. The molecule has 0 N–H and O–H groups in total. The smallest absolute Gasteiger partial charge is 0.228 e. The summed E-state index contributed by atoms with van der Waals surface area (Å²) in [6, 6.07) is 7.24. The molecule has 3 aliphatic rings. The summed E-state index contributed by atoms with van der Waals surface area (Å²) in [6.45, 7) is 3.31. The molecular weight excluding hydrogens is 402 g/mol. The fourth-order valence-corrected chi connectivity index (χ4v) is 5.17. The van der Waals surface area contributed by atoms with Crippen molar-refractivity contribution in [2.45, 2.75) is 44.9 Å². The molecule has 1 atom stereocenters. The minimum atomic E-state index is -0.341. The molecule has 1 aromatic rings. The second kappa shape index (κ2) is 9.38. The number of para-hydroxylation sites is 1. The molecule has 0 spiro atoms. The number of anilines is 1. The van der Waals surface area contributed by atoms with Gasteiger partial charge in [0.1, 0.15) is 0 Å². The van der Waals surface area contributed by atoms with E-state index in [1.807, 2.05) is 28.0 Å². The molecule has 0 aliphatic carbocycles. The summed E-state index contributed by atoms with van der Waals surface area (Å²) >= 11 is 6.24. The van der Waals surface area contributed by atoms with Gasteiger partial charge in [0.25, 0.3) is 0 Å². The Hall–Kier alpha value is -2.08. The van der Waals surface area contributed by atoms with Crippen LogP contribution < -0.4 is 4.90 Å². The number of amides is 3. The van der Waals surface area contributed by atoms with Gasteiger partial charge in [-0.3, -0.25) is 14.4 Å². The number of carbonyl (C=O) groups is 3. The summed E-state index contributed by atoms with van der Waals surface area (Å²) in [5.74, 6) is -0.0835. The van der Waals surface area contributed by atoms with E-state index >= 15 is 0 Å². The van der Waals surface area contributed by atoms with E-state index in [1.54, 1.807) is 11.0 Å². The van der Waals surface area contributed by atoms with Crippen LogP contribution in [0.25, 0.3) is 0 Å². The SMILES string of the molecule is O=C(C1CCN(C(=O)[C@@H]2CC(=O)N(c3ccccc3Cl)C2)CC1)N1CCCCCC1. The first-order valence-electron chi connectivity index (χ1n) is 11.2. The maximum atomic E-state index is 13.1. The van der Waals surface area contributed by atoms with E-state index in [4.69, 9.17) is 11.6 Å². The molecule has 3 amide bonds. The largest absolute Gasteiger partial charge is 0.342 e. The average Bonchev–Trinajstić information content (AvgIpc) is 2.97. The van der Waals surface area contributed by atoms with Gasteiger partial charge in [-0.25, -0.2) is 0 Å². The quantitative estimate of drug-likeness (QED) is 0.737. The Balaban J connectivity index is 1.32. The third-order valence-electron chi connectivity index (χ3n) is 6.69. The molecule has 0 bridgehead atoms. The zero-order valence-corrected chi connectivity index (χ0v) is 18.1. The highest BCUT2D eigenvalue weighted by Gasteiger charge is 2.39. The monoisotopic (exact) mass is 431 g/mol. The van der Waals surface area contributed by atoms with Crippen LogP contribution in [0.5, 0.6) is 0 Å². The molecule has 4 rings (SSSR count). The van der Waals surface area contributed by atoms with Crippen molar-refractivity contribution in [1.82, 2.24) is 9.80 Å². The normalized spacial score (nSPS) is 23.6. The predicted octanol–water partition coefficient (Wildman–Crippen LogP) is 3.33. The molecule has 30 heavy (non-hydrogen) atoms. The number of likely N-dealkylation sites (tertiary alicyclic amines) is 2. The van der Waals surface area contributed by atoms with Crippen LogP contribution in [0.15, 0.2) is 24.3 Å². The van der Waals surface area contributed by atoms with Gasteiger partial charge in [-0.05, 0) is 37.8 Å². The van der Waals surface area contributed by atoms with Crippen molar-refractivity contribution in [2.24, 2.45) is 11.8 Å². The molecule has 3 aliphatic heterocycles. The van der Waals surface area contributed by atoms with Gasteiger partial charge >= 0.3 is 0 Å². The van der Waals surface area contributed by atoms with Gasteiger partial charge in [-0.15, -0.1) is 0 Å². The highest BCUT2D eigenvalue weighted by atomic mass is 35.5. The Labute approximate surface area is 183 Å². The average molecular weight is 432 g/mol. The van der Waals surface area contributed by atoms with Gasteiger partial charge in [-0.2, -0.15) is 0 Å². The highest BCUT2D eigenvalue weighted by Crippen LogP contribution is 2.32. The first kappa shape index (κ1) is 21.2. The molecule has 162 valence electrons. The van der Waals surface area contributed by atoms with Gasteiger partial charge < -0.3 is 14.7 Å². The minimum Gasteiger partial charge on any atom is -0.342 e. The number of hydrogen-bond acceptors (Lipinski definition) is 3. The molecule has 0 radical (unpaired) electrons. The molecule has 3 fully saturated rings. The lowest BCUT2D eigenvalue weighted by atomic mass is 9.94. The lowest BCUT2D eigenvalue weighted by Crippen LogP contribution is -2.46. The van der Waals surface area contributed by atoms with Crippen LogP contribution >= 0.6 is 11.6 Å². The lowest BCUT2D eigenvalue weighted by Gasteiger charge is -2.35. The lowest BCUT2D eigenvalue weighted by molar-refractivity contribution is -0.142. The van der Waals surface area contributed by atoms with Crippen molar-refractivity contribution in [3.8, 4) is 0 Å². The van der Waals surface area contributed by atoms with E-state index < -0.39 is 0 Å². The number of carbonyl (C=O) groups excluding carboxylic acids is 3. The van der Waals surface area contributed by atoms with Crippen LogP contribution in [-0.4, -0.2) is 60.2 Å². The van der Waals surface area contributed by atoms with Gasteiger partial charge in [0.15, 0.2) is 0 Å². The number of nitrogens with zero attached hydrogens (tertiary/aromatic N) is 3. The Morgan fingerprint density at radius 1 is 0.833 bits per heavy atom. The third kappa shape index (κ3) is 4.48. The van der Waals surface area contributed by atoms with Gasteiger partial charge in [-0.1, -0.05) is 36.6 Å². The molecule has 3 saturated heterocycles. The fraction of sp³-hybridized carbons (Fsp3) is 0.609. The summed E-state index contributed by atoms with van der Waals surface area (Å²) < 4.78 is 0. The molecule has 3 heterocycles. The van der Waals surface area contributed by atoms with E-state index in [2.05, 4.69) is 0 Å². The van der Waals surface area contributed by atoms with E-state index in [1.165, 1.54) is 12.8 Å². The highest BCUT2D eigenvalue weighted by molar-refractivity contribution is 6.33.